The first kappa shape index (κ1) is 13.4. The SMILES string of the molecule is CCOC(=O)C1CCCN(C(=O)c2cn[nH]c2N)C1. The van der Waals surface area contributed by atoms with Gasteiger partial charge in [-0.2, -0.15) is 5.10 Å². The monoisotopic (exact) mass is 266 g/mol. The van der Waals surface area contributed by atoms with Gasteiger partial charge in [-0.15, -0.1) is 0 Å². The summed E-state index contributed by atoms with van der Waals surface area (Å²) in [5, 5.41) is 6.26. The third-order valence-corrected chi connectivity index (χ3v) is 3.23. The van der Waals surface area contributed by atoms with Crippen molar-refractivity contribution in [1.29, 1.82) is 0 Å². The maximum Gasteiger partial charge on any atom is 0.310 e. The van der Waals surface area contributed by atoms with E-state index in [-0.39, 0.29) is 23.6 Å². The van der Waals surface area contributed by atoms with Crippen LogP contribution in [0.15, 0.2) is 6.20 Å². The number of aromatic amines is 1. The van der Waals surface area contributed by atoms with Gasteiger partial charge in [-0.25, -0.2) is 0 Å². The number of ether oxygens (including phenoxy) is 1. The smallest absolute Gasteiger partial charge is 0.310 e. The van der Waals surface area contributed by atoms with Gasteiger partial charge in [0.15, 0.2) is 0 Å². The molecule has 2 rings (SSSR count). The quantitative estimate of drug-likeness (QED) is 0.771. The molecule has 3 N–H and O–H groups in total. The number of anilines is 1. The fraction of sp³-hybridized carbons (Fsp3) is 0.583. The molecule has 1 atom stereocenters. The van der Waals surface area contributed by atoms with Crippen molar-refractivity contribution in [2.24, 2.45) is 5.92 Å². The summed E-state index contributed by atoms with van der Waals surface area (Å²) >= 11 is 0. The van der Waals surface area contributed by atoms with Gasteiger partial charge >= 0.3 is 5.97 Å². The topological polar surface area (TPSA) is 101 Å². The van der Waals surface area contributed by atoms with Crippen molar-refractivity contribution < 1.29 is 14.3 Å². The van der Waals surface area contributed by atoms with Crippen LogP contribution in [0.25, 0.3) is 0 Å². The second-order valence-electron chi connectivity index (χ2n) is 4.54. The normalized spacial score (nSPS) is 19.2. The number of piperidine rings is 1. The standard InChI is InChI=1S/C12H18N4O3/c1-2-19-12(18)8-4-3-5-16(7-8)11(17)9-6-14-15-10(9)13/h6,8H,2-5,7H2,1H3,(H3,13,14,15). The summed E-state index contributed by atoms with van der Waals surface area (Å²) in [6.07, 6.45) is 2.95. The Kier molecular flexibility index (Phi) is 4.03. The summed E-state index contributed by atoms with van der Waals surface area (Å²) in [5.74, 6) is -0.422. The Balaban J connectivity index is 2.03. The highest BCUT2D eigenvalue weighted by molar-refractivity contribution is 5.98. The van der Waals surface area contributed by atoms with Gasteiger partial charge in [0.05, 0.1) is 18.7 Å². The highest BCUT2D eigenvalue weighted by Crippen LogP contribution is 2.21. The Hall–Kier alpha value is -2.05. The summed E-state index contributed by atoms with van der Waals surface area (Å²) in [6.45, 7) is 3.13. The van der Waals surface area contributed by atoms with Gasteiger partial charge in [-0.3, -0.25) is 14.7 Å². The van der Waals surface area contributed by atoms with Crippen molar-refractivity contribution in [3.63, 3.8) is 0 Å². The minimum atomic E-state index is -0.245. The number of aromatic nitrogens is 2. The van der Waals surface area contributed by atoms with E-state index in [0.29, 0.717) is 25.3 Å². The summed E-state index contributed by atoms with van der Waals surface area (Å²) in [6, 6.07) is 0. The van der Waals surface area contributed by atoms with E-state index in [0.717, 1.165) is 12.8 Å². The Morgan fingerprint density at radius 1 is 1.63 bits per heavy atom. The lowest BCUT2D eigenvalue weighted by atomic mass is 9.97. The molecule has 0 aliphatic carbocycles. The average Bonchev–Trinajstić information content (AvgIpc) is 2.84. The number of esters is 1. The van der Waals surface area contributed by atoms with Crippen molar-refractivity contribution in [1.82, 2.24) is 15.1 Å². The van der Waals surface area contributed by atoms with Crippen molar-refractivity contribution in [2.75, 3.05) is 25.4 Å². The van der Waals surface area contributed by atoms with Crippen LogP contribution in [-0.2, 0) is 9.53 Å². The van der Waals surface area contributed by atoms with Crippen LogP contribution in [0.3, 0.4) is 0 Å². The first-order valence-electron chi connectivity index (χ1n) is 6.38. The number of H-pyrrole nitrogens is 1. The van der Waals surface area contributed by atoms with Crippen LogP contribution in [0.5, 0.6) is 0 Å². The first-order chi connectivity index (χ1) is 9.13. The van der Waals surface area contributed by atoms with Crippen LogP contribution in [0, 0.1) is 5.92 Å². The molecule has 19 heavy (non-hydrogen) atoms. The molecule has 0 radical (unpaired) electrons. The number of hydrogen-bond donors (Lipinski definition) is 2. The van der Waals surface area contributed by atoms with E-state index in [1.165, 1.54) is 6.20 Å². The van der Waals surface area contributed by atoms with Crippen LogP contribution < -0.4 is 5.73 Å². The molecule has 1 aromatic rings. The zero-order valence-corrected chi connectivity index (χ0v) is 10.9. The molecule has 104 valence electrons. The summed E-state index contributed by atoms with van der Waals surface area (Å²) in [7, 11) is 0. The average molecular weight is 266 g/mol. The van der Waals surface area contributed by atoms with Crippen LogP contribution in [0.1, 0.15) is 30.1 Å². The molecule has 2 heterocycles. The number of amides is 1. The Bertz CT molecular complexity index is 471. The number of nitrogens with two attached hydrogens (primary N) is 1. The van der Waals surface area contributed by atoms with E-state index >= 15 is 0 Å². The largest absolute Gasteiger partial charge is 0.466 e. The van der Waals surface area contributed by atoms with E-state index in [4.69, 9.17) is 10.5 Å². The molecule has 0 aromatic carbocycles. The Morgan fingerprint density at radius 2 is 2.42 bits per heavy atom. The molecular weight excluding hydrogens is 248 g/mol. The van der Waals surface area contributed by atoms with Gasteiger partial charge in [-0.05, 0) is 19.8 Å². The number of nitrogens with one attached hydrogen (secondary N) is 1. The Morgan fingerprint density at radius 3 is 3.05 bits per heavy atom. The molecular formula is C12H18N4O3. The molecule has 1 saturated heterocycles. The fourth-order valence-electron chi connectivity index (χ4n) is 2.25. The molecule has 0 bridgehead atoms. The van der Waals surface area contributed by atoms with Crippen LogP contribution in [0.2, 0.25) is 0 Å². The number of carbonyl (C=O) groups is 2. The molecule has 0 saturated carbocycles. The van der Waals surface area contributed by atoms with E-state index in [1.807, 2.05) is 0 Å². The number of nitrogen functional groups attached to an aromatic ring is 1. The Labute approximate surface area is 111 Å². The summed E-state index contributed by atoms with van der Waals surface area (Å²) in [5.41, 5.74) is 5.98. The molecule has 1 aromatic heterocycles. The minimum absolute atomic E-state index is 0.194. The lowest BCUT2D eigenvalue weighted by molar-refractivity contribution is -0.149. The van der Waals surface area contributed by atoms with Crippen molar-refractivity contribution in [2.45, 2.75) is 19.8 Å². The van der Waals surface area contributed by atoms with Crippen molar-refractivity contribution in [3.05, 3.63) is 11.8 Å². The highest BCUT2D eigenvalue weighted by Gasteiger charge is 2.30. The second kappa shape index (κ2) is 5.73. The first-order valence-corrected chi connectivity index (χ1v) is 6.38. The third kappa shape index (κ3) is 2.86. The number of likely N-dealkylation sites (tertiary alicyclic amines) is 1. The lowest BCUT2D eigenvalue weighted by Crippen LogP contribution is -2.42. The van der Waals surface area contributed by atoms with Gasteiger partial charge < -0.3 is 15.4 Å². The maximum atomic E-state index is 12.2. The van der Waals surface area contributed by atoms with E-state index in [1.54, 1.807) is 11.8 Å². The number of carbonyl (C=O) groups excluding carboxylic acids is 2. The predicted molar refractivity (Wildman–Crippen MR) is 68.3 cm³/mol. The van der Waals surface area contributed by atoms with Crippen LogP contribution >= 0.6 is 0 Å². The van der Waals surface area contributed by atoms with Gasteiger partial charge in [0.1, 0.15) is 11.4 Å². The number of nitrogens with zero attached hydrogens (tertiary/aromatic N) is 2. The zero-order chi connectivity index (χ0) is 13.8. The van der Waals surface area contributed by atoms with Crippen LogP contribution in [-0.4, -0.2) is 46.7 Å². The molecule has 0 spiro atoms. The lowest BCUT2D eigenvalue weighted by Gasteiger charge is -2.31. The van der Waals surface area contributed by atoms with Gasteiger partial charge in [0.2, 0.25) is 0 Å². The summed E-state index contributed by atoms with van der Waals surface area (Å²) in [4.78, 5) is 25.6. The van der Waals surface area contributed by atoms with Gasteiger partial charge in [0, 0.05) is 13.1 Å². The maximum absolute atomic E-state index is 12.2. The zero-order valence-electron chi connectivity index (χ0n) is 10.9. The molecule has 1 amide bonds. The van der Waals surface area contributed by atoms with Gasteiger partial charge in [-0.1, -0.05) is 0 Å². The molecule has 1 unspecified atom stereocenters. The molecule has 7 nitrogen and oxygen atoms in total. The molecule has 7 heteroatoms. The highest BCUT2D eigenvalue weighted by atomic mass is 16.5. The molecule has 1 fully saturated rings. The summed E-state index contributed by atoms with van der Waals surface area (Å²) < 4.78 is 5.00. The van der Waals surface area contributed by atoms with Crippen molar-refractivity contribution in [3.8, 4) is 0 Å². The minimum Gasteiger partial charge on any atom is -0.466 e. The predicted octanol–water partition coefficient (Wildman–Crippen LogP) is 0.407. The second-order valence-corrected chi connectivity index (χ2v) is 4.54. The van der Waals surface area contributed by atoms with Crippen LogP contribution in [0.4, 0.5) is 5.82 Å². The van der Waals surface area contributed by atoms with E-state index < -0.39 is 0 Å². The van der Waals surface area contributed by atoms with E-state index in [2.05, 4.69) is 10.2 Å². The fourth-order valence-corrected chi connectivity index (χ4v) is 2.25. The molecule has 1 aliphatic heterocycles. The number of hydrogen-bond acceptors (Lipinski definition) is 5. The number of rotatable bonds is 3. The van der Waals surface area contributed by atoms with Crippen molar-refractivity contribution >= 4 is 17.7 Å². The molecule has 1 aliphatic rings. The third-order valence-electron chi connectivity index (χ3n) is 3.23. The van der Waals surface area contributed by atoms with Gasteiger partial charge in [0.25, 0.3) is 5.91 Å². The van der Waals surface area contributed by atoms with E-state index in [9.17, 15) is 9.59 Å².